The van der Waals surface area contributed by atoms with Crippen LogP contribution in [0.5, 0.6) is 0 Å². The van der Waals surface area contributed by atoms with Crippen LogP contribution in [0.25, 0.3) is 0 Å². The Morgan fingerprint density at radius 3 is 2.45 bits per heavy atom. The highest BCUT2D eigenvalue weighted by molar-refractivity contribution is 5.74. The average molecular weight is 277 g/mol. The fraction of sp³-hybridized carbons (Fsp3) is 0.308. The molecule has 2 amide bonds. The van der Waals surface area contributed by atoms with Crippen LogP contribution in [0.4, 0.5) is 4.79 Å². The molecule has 1 aromatic rings. The van der Waals surface area contributed by atoms with Crippen LogP contribution in [-0.4, -0.2) is 34.9 Å². The third-order valence-electron chi connectivity index (χ3n) is 2.52. The van der Waals surface area contributed by atoms with Gasteiger partial charge < -0.3 is 20.8 Å². The van der Waals surface area contributed by atoms with Crippen molar-refractivity contribution in [1.29, 1.82) is 5.26 Å². The molecule has 1 atom stereocenters. The number of amides is 2. The van der Waals surface area contributed by atoms with E-state index in [-0.39, 0.29) is 13.0 Å². The van der Waals surface area contributed by atoms with Crippen LogP contribution in [-0.2, 0) is 11.3 Å². The number of nitrogens with zero attached hydrogens (tertiary/aromatic N) is 1. The van der Waals surface area contributed by atoms with E-state index in [1.165, 1.54) is 0 Å². The SMILES string of the molecule is N#Cc1ccc(CNC(=O)NCC[C@H](O)C(=O)O)cc1. The quantitative estimate of drug-likeness (QED) is 0.591. The Balaban J connectivity index is 2.26. The number of carbonyl (C=O) groups is 2. The molecule has 7 heteroatoms. The molecule has 106 valence electrons. The first-order valence-electron chi connectivity index (χ1n) is 5.94. The molecule has 0 unspecified atom stereocenters. The Kier molecular flexibility index (Phi) is 6.00. The molecule has 0 fully saturated rings. The standard InChI is InChI=1S/C13H15N3O4/c14-7-9-1-3-10(4-2-9)8-16-13(20)15-6-5-11(17)12(18)19/h1-4,11,17H,5-6,8H2,(H,18,19)(H2,15,16,20)/t11-/m0/s1. The second-order valence-corrected chi connectivity index (χ2v) is 4.06. The maximum Gasteiger partial charge on any atom is 0.332 e. The van der Waals surface area contributed by atoms with Crippen molar-refractivity contribution in [3.63, 3.8) is 0 Å². The lowest BCUT2D eigenvalue weighted by Gasteiger charge is -2.09. The van der Waals surface area contributed by atoms with Crippen molar-refractivity contribution in [1.82, 2.24) is 10.6 Å². The molecule has 0 aromatic heterocycles. The van der Waals surface area contributed by atoms with Gasteiger partial charge in [0.2, 0.25) is 0 Å². The second-order valence-electron chi connectivity index (χ2n) is 4.06. The predicted molar refractivity (Wildman–Crippen MR) is 69.7 cm³/mol. The number of carboxylic acids is 1. The van der Waals surface area contributed by atoms with E-state index in [4.69, 9.17) is 15.5 Å². The molecule has 0 heterocycles. The van der Waals surface area contributed by atoms with Gasteiger partial charge in [-0.3, -0.25) is 0 Å². The number of hydrogen-bond donors (Lipinski definition) is 4. The Hall–Kier alpha value is -2.59. The molecule has 4 N–H and O–H groups in total. The molecule has 7 nitrogen and oxygen atoms in total. The van der Waals surface area contributed by atoms with Crippen LogP contribution in [0.15, 0.2) is 24.3 Å². The van der Waals surface area contributed by atoms with Crippen LogP contribution >= 0.6 is 0 Å². The summed E-state index contributed by atoms with van der Waals surface area (Å²) in [5.74, 6) is -1.32. The summed E-state index contributed by atoms with van der Waals surface area (Å²) < 4.78 is 0. The summed E-state index contributed by atoms with van der Waals surface area (Å²) in [4.78, 5) is 21.7. The van der Waals surface area contributed by atoms with Crippen molar-refractivity contribution in [3.8, 4) is 6.07 Å². The Bertz CT molecular complexity index is 507. The number of carbonyl (C=O) groups excluding carboxylic acids is 1. The highest BCUT2D eigenvalue weighted by Crippen LogP contribution is 2.02. The van der Waals surface area contributed by atoms with E-state index in [1.807, 2.05) is 6.07 Å². The summed E-state index contributed by atoms with van der Waals surface area (Å²) in [5, 5.41) is 31.1. The van der Waals surface area contributed by atoms with Gasteiger partial charge in [-0.2, -0.15) is 5.26 Å². The summed E-state index contributed by atoms with van der Waals surface area (Å²) in [5.41, 5.74) is 1.38. The lowest BCUT2D eigenvalue weighted by Crippen LogP contribution is -2.37. The van der Waals surface area contributed by atoms with E-state index < -0.39 is 18.1 Å². The van der Waals surface area contributed by atoms with Crippen LogP contribution in [0.3, 0.4) is 0 Å². The fourth-order valence-electron chi connectivity index (χ4n) is 1.39. The van der Waals surface area contributed by atoms with Gasteiger partial charge in [0.05, 0.1) is 11.6 Å². The first-order chi connectivity index (χ1) is 9.52. The van der Waals surface area contributed by atoms with Crippen LogP contribution in [0.1, 0.15) is 17.5 Å². The fourth-order valence-corrected chi connectivity index (χ4v) is 1.39. The zero-order valence-corrected chi connectivity index (χ0v) is 10.7. The van der Waals surface area contributed by atoms with E-state index in [1.54, 1.807) is 24.3 Å². The predicted octanol–water partition coefficient (Wildman–Crippen LogP) is 0.193. The van der Waals surface area contributed by atoms with Crippen molar-refractivity contribution in [2.24, 2.45) is 0 Å². The highest BCUT2D eigenvalue weighted by Gasteiger charge is 2.12. The van der Waals surface area contributed by atoms with Crippen molar-refractivity contribution < 1.29 is 19.8 Å². The minimum atomic E-state index is -1.48. The summed E-state index contributed by atoms with van der Waals surface area (Å²) >= 11 is 0. The van der Waals surface area contributed by atoms with Gasteiger partial charge in [0.25, 0.3) is 0 Å². The molecular formula is C13H15N3O4. The minimum absolute atomic E-state index is 0.0559. The summed E-state index contributed by atoms with van der Waals surface area (Å²) in [7, 11) is 0. The van der Waals surface area contributed by atoms with Gasteiger partial charge in [-0.15, -0.1) is 0 Å². The number of nitrogens with one attached hydrogen (secondary N) is 2. The number of rotatable bonds is 6. The number of nitriles is 1. The number of carboxylic acid groups (broad SMARTS) is 1. The first-order valence-corrected chi connectivity index (χ1v) is 5.94. The number of hydrogen-bond acceptors (Lipinski definition) is 4. The number of aliphatic hydroxyl groups is 1. The zero-order valence-electron chi connectivity index (χ0n) is 10.7. The van der Waals surface area contributed by atoms with E-state index in [2.05, 4.69) is 10.6 Å². The van der Waals surface area contributed by atoms with Crippen molar-refractivity contribution >= 4 is 12.0 Å². The summed E-state index contributed by atoms with van der Waals surface area (Å²) in [6.07, 6.45) is -1.53. The van der Waals surface area contributed by atoms with Gasteiger partial charge >= 0.3 is 12.0 Å². The van der Waals surface area contributed by atoms with Gasteiger partial charge in [-0.25, -0.2) is 9.59 Å². The molecule has 0 radical (unpaired) electrons. The molecule has 0 aliphatic carbocycles. The summed E-state index contributed by atoms with van der Waals surface area (Å²) in [6, 6.07) is 8.30. The van der Waals surface area contributed by atoms with E-state index in [0.29, 0.717) is 12.1 Å². The van der Waals surface area contributed by atoms with Gasteiger partial charge in [0.15, 0.2) is 6.10 Å². The maximum atomic E-state index is 11.4. The van der Waals surface area contributed by atoms with Crippen LogP contribution < -0.4 is 10.6 Å². The Labute approximate surface area is 115 Å². The lowest BCUT2D eigenvalue weighted by atomic mass is 10.1. The number of aliphatic hydroxyl groups excluding tert-OH is 1. The Morgan fingerprint density at radius 2 is 1.90 bits per heavy atom. The molecular weight excluding hydrogens is 262 g/mol. The number of aliphatic carboxylic acids is 1. The van der Waals surface area contributed by atoms with E-state index in [0.717, 1.165) is 5.56 Å². The highest BCUT2D eigenvalue weighted by atomic mass is 16.4. The molecule has 0 aliphatic rings. The van der Waals surface area contributed by atoms with Gasteiger partial charge in [-0.05, 0) is 17.7 Å². The van der Waals surface area contributed by atoms with Gasteiger partial charge in [-0.1, -0.05) is 12.1 Å². The topological polar surface area (TPSA) is 122 Å². The molecule has 0 bridgehead atoms. The first kappa shape index (κ1) is 15.5. The average Bonchev–Trinajstić information content (AvgIpc) is 2.45. The third kappa shape index (κ3) is 5.37. The largest absolute Gasteiger partial charge is 0.479 e. The van der Waals surface area contributed by atoms with E-state index in [9.17, 15) is 9.59 Å². The molecule has 20 heavy (non-hydrogen) atoms. The Morgan fingerprint density at radius 1 is 1.25 bits per heavy atom. The minimum Gasteiger partial charge on any atom is -0.479 e. The number of urea groups is 1. The second kappa shape index (κ2) is 7.76. The van der Waals surface area contributed by atoms with Gasteiger partial charge in [0.1, 0.15) is 0 Å². The molecule has 0 saturated carbocycles. The van der Waals surface area contributed by atoms with Gasteiger partial charge in [0, 0.05) is 19.5 Å². The monoisotopic (exact) mass is 277 g/mol. The third-order valence-corrected chi connectivity index (χ3v) is 2.52. The van der Waals surface area contributed by atoms with E-state index >= 15 is 0 Å². The van der Waals surface area contributed by atoms with Crippen LogP contribution in [0.2, 0.25) is 0 Å². The number of benzene rings is 1. The van der Waals surface area contributed by atoms with Crippen molar-refractivity contribution in [3.05, 3.63) is 35.4 Å². The normalized spacial score (nSPS) is 11.2. The molecule has 0 spiro atoms. The molecule has 0 saturated heterocycles. The smallest absolute Gasteiger partial charge is 0.332 e. The molecule has 0 aliphatic heterocycles. The van der Waals surface area contributed by atoms with Crippen molar-refractivity contribution in [2.45, 2.75) is 19.1 Å². The lowest BCUT2D eigenvalue weighted by molar-refractivity contribution is -0.146. The van der Waals surface area contributed by atoms with Crippen molar-refractivity contribution in [2.75, 3.05) is 6.54 Å². The zero-order chi connectivity index (χ0) is 15.0. The molecule has 1 rings (SSSR count). The van der Waals surface area contributed by atoms with Crippen LogP contribution in [0, 0.1) is 11.3 Å². The summed E-state index contributed by atoms with van der Waals surface area (Å²) in [6.45, 7) is 0.353. The molecule has 1 aromatic carbocycles. The maximum absolute atomic E-state index is 11.4.